The SMILES string of the molecule is O=C(CO)N1C[C@H]2CCCC[C@H]21. The van der Waals surface area contributed by atoms with Crippen molar-refractivity contribution in [1.29, 1.82) is 0 Å². The van der Waals surface area contributed by atoms with Crippen LogP contribution in [0.4, 0.5) is 0 Å². The van der Waals surface area contributed by atoms with Crippen molar-refractivity contribution >= 4 is 5.91 Å². The maximum atomic E-state index is 11.1. The molecule has 2 aliphatic rings. The summed E-state index contributed by atoms with van der Waals surface area (Å²) in [7, 11) is 0. The Hall–Kier alpha value is -0.570. The molecule has 12 heavy (non-hydrogen) atoms. The molecule has 0 radical (unpaired) electrons. The Morgan fingerprint density at radius 3 is 2.83 bits per heavy atom. The van der Waals surface area contributed by atoms with Crippen LogP contribution in [0.5, 0.6) is 0 Å². The highest BCUT2D eigenvalue weighted by Gasteiger charge is 2.42. The number of amides is 1. The van der Waals surface area contributed by atoms with Crippen LogP contribution in [0.1, 0.15) is 25.7 Å². The second kappa shape index (κ2) is 3.05. The molecule has 1 aliphatic carbocycles. The Labute approximate surface area is 72.4 Å². The van der Waals surface area contributed by atoms with Gasteiger partial charge in [0.2, 0.25) is 5.91 Å². The maximum absolute atomic E-state index is 11.1. The molecule has 1 heterocycles. The highest BCUT2D eigenvalue weighted by atomic mass is 16.3. The van der Waals surface area contributed by atoms with Crippen LogP contribution < -0.4 is 0 Å². The predicted molar refractivity (Wildman–Crippen MR) is 44.5 cm³/mol. The molecule has 1 saturated carbocycles. The van der Waals surface area contributed by atoms with Gasteiger partial charge in [-0.25, -0.2) is 0 Å². The van der Waals surface area contributed by atoms with Gasteiger partial charge in [-0.05, 0) is 18.8 Å². The molecule has 0 unspecified atom stereocenters. The quantitative estimate of drug-likeness (QED) is 0.616. The van der Waals surface area contributed by atoms with Crippen molar-refractivity contribution in [3.05, 3.63) is 0 Å². The molecule has 0 aromatic heterocycles. The van der Waals surface area contributed by atoms with Gasteiger partial charge in [0.25, 0.3) is 0 Å². The van der Waals surface area contributed by atoms with E-state index in [1.807, 2.05) is 4.90 Å². The second-order valence-corrected chi connectivity index (χ2v) is 3.82. The lowest BCUT2D eigenvalue weighted by atomic mass is 9.77. The third kappa shape index (κ3) is 1.12. The van der Waals surface area contributed by atoms with E-state index in [2.05, 4.69) is 0 Å². The molecule has 1 aliphatic heterocycles. The molecule has 1 saturated heterocycles. The van der Waals surface area contributed by atoms with Crippen LogP contribution in [0.15, 0.2) is 0 Å². The van der Waals surface area contributed by atoms with E-state index in [1.165, 1.54) is 19.3 Å². The van der Waals surface area contributed by atoms with Gasteiger partial charge in [0.15, 0.2) is 0 Å². The first kappa shape index (κ1) is 8.05. The number of carbonyl (C=O) groups excluding carboxylic acids is 1. The fourth-order valence-electron chi connectivity index (χ4n) is 2.44. The van der Waals surface area contributed by atoms with Gasteiger partial charge in [0.1, 0.15) is 6.61 Å². The van der Waals surface area contributed by atoms with Gasteiger partial charge in [0, 0.05) is 12.6 Å². The highest BCUT2D eigenvalue weighted by Crippen LogP contribution is 2.36. The zero-order valence-corrected chi connectivity index (χ0v) is 7.20. The molecule has 0 spiro atoms. The zero-order valence-electron chi connectivity index (χ0n) is 7.20. The zero-order chi connectivity index (χ0) is 8.55. The van der Waals surface area contributed by atoms with E-state index in [4.69, 9.17) is 5.11 Å². The number of rotatable bonds is 1. The molecule has 0 aromatic rings. The summed E-state index contributed by atoms with van der Waals surface area (Å²) in [5.74, 6) is 0.660. The number of aliphatic hydroxyl groups excluding tert-OH is 1. The lowest BCUT2D eigenvalue weighted by Crippen LogP contribution is -2.60. The molecule has 1 amide bonds. The molecular formula is C9H15NO2. The van der Waals surface area contributed by atoms with E-state index in [-0.39, 0.29) is 12.5 Å². The average molecular weight is 169 g/mol. The van der Waals surface area contributed by atoms with Crippen molar-refractivity contribution in [3.8, 4) is 0 Å². The second-order valence-electron chi connectivity index (χ2n) is 3.82. The van der Waals surface area contributed by atoms with Crippen molar-refractivity contribution in [3.63, 3.8) is 0 Å². The summed E-state index contributed by atoms with van der Waals surface area (Å²) >= 11 is 0. The Bertz CT molecular complexity index is 193. The first-order valence-corrected chi connectivity index (χ1v) is 4.73. The fourth-order valence-corrected chi connectivity index (χ4v) is 2.44. The molecule has 3 heteroatoms. The molecule has 68 valence electrons. The van der Waals surface area contributed by atoms with Crippen LogP contribution in [-0.4, -0.2) is 35.1 Å². The minimum atomic E-state index is -0.316. The van der Waals surface area contributed by atoms with E-state index in [0.29, 0.717) is 6.04 Å². The molecule has 3 nitrogen and oxygen atoms in total. The summed E-state index contributed by atoms with van der Waals surface area (Å²) in [6.07, 6.45) is 5.00. The molecule has 2 rings (SSSR count). The lowest BCUT2D eigenvalue weighted by Gasteiger charge is -2.50. The van der Waals surface area contributed by atoms with Crippen LogP contribution in [0.2, 0.25) is 0 Å². The van der Waals surface area contributed by atoms with Gasteiger partial charge in [-0.2, -0.15) is 0 Å². The largest absolute Gasteiger partial charge is 0.387 e. The Morgan fingerprint density at radius 2 is 2.17 bits per heavy atom. The summed E-state index contributed by atoms with van der Waals surface area (Å²) in [5.41, 5.74) is 0. The smallest absolute Gasteiger partial charge is 0.248 e. The van der Waals surface area contributed by atoms with Crippen LogP contribution in [0.3, 0.4) is 0 Å². The third-order valence-corrected chi connectivity index (χ3v) is 3.16. The van der Waals surface area contributed by atoms with Crippen LogP contribution in [0.25, 0.3) is 0 Å². The lowest BCUT2D eigenvalue weighted by molar-refractivity contribution is -0.149. The van der Waals surface area contributed by atoms with Gasteiger partial charge in [-0.1, -0.05) is 12.8 Å². The topological polar surface area (TPSA) is 40.5 Å². The summed E-state index contributed by atoms with van der Waals surface area (Å²) < 4.78 is 0. The van der Waals surface area contributed by atoms with Crippen LogP contribution >= 0.6 is 0 Å². The van der Waals surface area contributed by atoms with Crippen molar-refractivity contribution in [2.45, 2.75) is 31.7 Å². The van der Waals surface area contributed by atoms with E-state index in [9.17, 15) is 4.79 Å². The summed E-state index contributed by atoms with van der Waals surface area (Å²) in [6, 6.07) is 0.471. The minimum Gasteiger partial charge on any atom is -0.387 e. The number of aliphatic hydroxyl groups is 1. The fraction of sp³-hybridized carbons (Fsp3) is 0.889. The highest BCUT2D eigenvalue weighted by molar-refractivity contribution is 5.78. The van der Waals surface area contributed by atoms with Gasteiger partial charge in [-0.15, -0.1) is 0 Å². The van der Waals surface area contributed by atoms with Gasteiger partial charge >= 0.3 is 0 Å². The molecular weight excluding hydrogens is 154 g/mol. The summed E-state index contributed by atoms with van der Waals surface area (Å²) in [6.45, 7) is 0.577. The number of hydrogen-bond donors (Lipinski definition) is 1. The van der Waals surface area contributed by atoms with E-state index in [0.717, 1.165) is 18.9 Å². The van der Waals surface area contributed by atoms with Gasteiger partial charge in [-0.3, -0.25) is 4.79 Å². The van der Waals surface area contributed by atoms with Crippen LogP contribution in [-0.2, 0) is 4.79 Å². The minimum absolute atomic E-state index is 0.0850. The third-order valence-electron chi connectivity index (χ3n) is 3.16. The molecule has 2 atom stereocenters. The number of nitrogens with zero attached hydrogens (tertiary/aromatic N) is 1. The molecule has 1 N–H and O–H groups in total. The Kier molecular flexibility index (Phi) is 2.05. The standard InChI is InChI=1S/C9H15NO2/c11-6-9(12)10-5-7-3-1-2-4-8(7)10/h7-8,11H,1-6H2/t7-,8-/m1/s1. The molecule has 0 aromatic carbocycles. The Morgan fingerprint density at radius 1 is 1.42 bits per heavy atom. The van der Waals surface area contributed by atoms with E-state index >= 15 is 0 Å². The summed E-state index contributed by atoms with van der Waals surface area (Å²) in [5, 5.41) is 8.67. The maximum Gasteiger partial charge on any atom is 0.248 e. The van der Waals surface area contributed by atoms with Gasteiger partial charge in [0.05, 0.1) is 0 Å². The van der Waals surface area contributed by atoms with Crippen molar-refractivity contribution in [1.82, 2.24) is 4.90 Å². The number of carbonyl (C=O) groups is 1. The number of fused-ring (bicyclic) bond motifs is 1. The van der Waals surface area contributed by atoms with Crippen molar-refractivity contribution in [2.24, 2.45) is 5.92 Å². The normalized spacial score (nSPS) is 33.9. The molecule has 0 bridgehead atoms. The summed E-state index contributed by atoms with van der Waals surface area (Å²) in [4.78, 5) is 13.0. The van der Waals surface area contributed by atoms with E-state index < -0.39 is 0 Å². The van der Waals surface area contributed by atoms with E-state index in [1.54, 1.807) is 0 Å². The monoisotopic (exact) mass is 169 g/mol. The van der Waals surface area contributed by atoms with Crippen molar-refractivity contribution in [2.75, 3.05) is 13.2 Å². The van der Waals surface area contributed by atoms with Gasteiger partial charge < -0.3 is 10.0 Å². The molecule has 2 fully saturated rings. The number of hydrogen-bond acceptors (Lipinski definition) is 2. The predicted octanol–water partition coefficient (Wildman–Crippen LogP) is 0.380. The first-order valence-electron chi connectivity index (χ1n) is 4.73. The van der Waals surface area contributed by atoms with Crippen LogP contribution in [0, 0.1) is 5.92 Å². The number of likely N-dealkylation sites (tertiary alicyclic amines) is 1. The average Bonchev–Trinajstić information content (AvgIpc) is 2.07. The Balaban J connectivity index is 1.92. The van der Waals surface area contributed by atoms with Crippen molar-refractivity contribution < 1.29 is 9.90 Å². The first-order chi connectivity index (χ1) is 5.83.